The molecular weight excluding hydrogens is 200 g/mol. The van der Waals surface area contributed by atoms with Crippen molar-refractivity contribution in [3.05, 3.63) is 40.7 Å². The van der Waals surface area contributed by atoms with E-state index in [2.05, 4.69) is 48.8 Å². The molecule has 59 valence electrons. The molecule has 0 bridgehead atoms. The molecule has 0 atom stereocenters. The topological polar surface area (TPSA) is 0 Å². The van der Waals surface area contributed by atoms with Crippen LogP contribution in [0.5, 0.6) is 0 Å². The Kier molecular flexibility index (Phi) is 2.72. The summed E-state index contributed by atoms with van der Waals surface area (Å²) in [6.07, 6.45) is 0. The molecule has 1 aromatic rings. The second-order valence-corrected chi connectivity index (χ2v) is 3.86. The van der Waals surface area contributed by atoms with Gasteiger partial charge in [-0.2, -0.15) is 0 Å². The van der Waals surface area contributed by atoms with Crippen LogP contribution in [0.15, 0.2) is 22.7 Å². The second kappa shape index (κ2) is 3.40. The van der Waals surface area contributed by atoms with Gasteiger partial charge in [0.05, 0.1) is 0 Å². The van der Waals surface area contributed by atoms with Crippen LogP contribution in [0.25, 0.3) is 0 Å². The first-order valence-corrected chi connectivity index (χ1v) is 4.52. The molecule has 0 unspecified atom stereocenters. The van der Waals surface area contributed by atoms with Crippen molar-refractivity contribution in [3.8, 4) is 0 Å². The summed E-state index contributed by atoms with van der Waals surface area (Å²) in [6.45, 7) is 8.22. The lowest BCUT2D eigenvalue weighted by Crippen LogP contribution is -1.88. The Morgan fingerprint density at radius 1 is 1.36 bits per heavy atom. The Labute approximate surface area is 76.8 Å². The van der Waals surface area contributed by atoms with Crippen LogP contribution >= 0.6 is 15.9 Å². The summed E-state index contributed by atoms with van der Waals surface area (Å²) in [5, 5.41) is 0. The lowest BCUT2D eigenvalue weighted by atomic mass is 10.0. The molecule has 11 heavy (non-hydrogen) atoms. The van der Waals surface area contributed by atoms with Gasteiger partial charge in [0.25, 0.3) is 0 Å². The molecule has 0 heterocycles. The van der Waals surface area contributed by atoms with Crippen molar-refractivity contribution in [2.45, 2.75) is 19.8 Å². The van der Waals surface area contributed by atoms with E-state index < -0.39 is 0 Å². The van der Waals surface area contributed by atoms with Crippen LogP contribution in [0.3, 0.4) is 0 Å². The lowest BCUT2D eigenvalue weighted by molar-refractivity contribution is 0.860. The third kappa shape index (κ3) is 2.06. The maximum Gasteiger partial charge on any atom is 0.0212 e. The first kappa shape index (κ1) is 8.79. The summed E-state index contributed by atoms with van der Waals surface area (Å²) in [5.41, 5.74) is 2.40. The van der Waals surface area contributed by atoms with Crippen LogP contribution in [0.2, 0.25) is 0 Å². The highest BCUT2D eigenvalue weighted by atomic mass is 79.9. The van der Waals surface area contributed by atoms with E-state index in [0.717, 1.165) is 5.56 Å². The molecular formula is C10H12Br. The number of benzene rings is 1. The molecule has 0 spiro atoms. The van der Waals surface area contributed by atoms with Gasteiger partial charge in [0.2, 0.25) is 0 Å². The lowest BCUT2D eigenvalue weighted by Gasteiger charge is -2.07. The van der Waals surface area contributed by atoms with Gasteiger partial charge in [-0.15, -0.1) is 0 Å². The van der Waals surface area contributed by atoms with Gasteiger partial charge >= 0.3 is 0 Å². The smallest absolute Gasteiger partial charge is 0.0212 e. The van der Waals surface area contributed by atoms with Crippen molar-refractivity contribution in [2.24, 2.45) is 0 Å². The van der Waals surface area contributed by atoms with Gasteiger partial charge < -0.3 is 0 Å². The van der Waals surface area contributed by atoms with Gasteiger partial charge in [-0.1, -0.05) is 41.9 Å². The van der Waals surface area contributed by atoms with Crippen molar-refractivity contribution in [1.29, 1.82) is 0 Å². The molecule has 1 radical (unpaired) electrons. The maximum atomic E-state index is 3.85. The van der Waals surface area contributed by atoms with Crippen molar-refractivity contribution >= 4 is 15.9 Å². The summed E-state index contributed by atoms with van der Waals surface area (Å²) in [7, 11) is 0. The fourth-order valence-electron chi connectivity index (χ4n) is 1.04. The molecule has 0 aliphatic carbocycles. The fraction of sp³-hybridized carbons (Fsp3) is 0.300. The molecule has 1 heteroatoms. The van der Waals surface area contributed by atoms with Crippen LogP contribution in [0.1, 0.15) is 30.9 Å². The molecule has 0 aliphatic rings. The van der Waals surface area contributed by atoms with Gasteiger partial charge in [0, 0.05) is 4.47 Å². The Bertz CT molecular complexity index is 251. The van der Waals surface area contributed by atoms with E-state index in [1.165, 1.54) is 10.0 Å². The van der Waals surface area contributed by atoms with E-state index in [1.54, 1.807) is 0 Å². The molecule has 1 aromatic carbocycles. The van der Waals surface area contributed by atoms with E-state index in [9.17, 15) is 0 Å². The molecule has 0 aromatic heterocycles. The largest absolute Gasteiger partial charge is 0.0587 e. The van der Waals surface area contributed by atoms with Crippen LogP contribution in [-0.2, 0) is 0 Å². The monoisotopic (exact) mass is 211 g/mol. The van der Waals surface area contributed by atoms with Gasteiger partial charge in [0.15, 0.2) is 0 Å². The van der Waals surface area contributed by atoms with E-state index >= 15 is 0 Å². The third-order valence-electron chi connectivity index (χ3n) is 1.69. The Hall–Kier alpha value is -0.300. The average molecular weight is 212 g/mol. The zero-order valence-corrected chi connectivity index (χ0v) is 8.48. The minimum atomic E-state index is 0.574. The predicted octanol–water partition coefficient (Wildman–Crippen LogP) is 3.75. The molecule has 0 fully saturated rings. The predicted molar refractivity (Wildman–Crippen MR) is 52.7 cm³/mol. The molecule has 0 nitrogen and oxygen atoms in total. The molecule has 1 rings (SSSR count). The highest BCUT2D eigenvalue weighted by Gasteiger charge is 2.02. The quantitative estimate of drug-likeness (QED) is 0.664. The first-order valence-electron chi connectivity index (χ1n) is 3.72. The minimum Gasteiger partial charge on any atom is -0.0587 e. The summed E-state index contributed by atoms with van der Waals surface area (Å²) in [4.78, 5) is 0. The number of hydrogen-bond donors (Lipinski definition) is 0. The summed E-state index contributed by atoms with van der Waals surface area (Å²) >= 11 is 3.51. The van der Waals surface area contributed by atoms with Gasteiger partial charge in [-0.05, 0) is 30.0 Å². The molecule has 0 saturated heterocycles. The zero-order valence-electron chi connectivity index (χ0n) is 6.89. The number of hydrogen-bond acceptors (Lipinski definition) is 0. The Morgan fingerprint density at radius 2 is 2.00 bits per heavy atom. The Balaban J connectivity index is 3.09. The van der Waals surface area contributed by atoms with Gasteiger partial charge in [0.1, 0.15) is 0 Å². The number of rotatable bonds is 1. The van der Waals surface area contributed by atoms with Crippen molar-refractivity contribution in [3.63, 3.8) is 0 Å². The fourth-order valence-corrected chi connectivity index (χ4v) is 1.92. The molecule has 0 saturated carbocycles. The average Bonchev–Trinajstić information content (AvgIpc) is 1.85. The van der Waals surface area contributed by atoms with E-state index in [0.29, 0.717) is 5.92 Å². The summed E-state index contributed by atoms with van der Waals surface area (Å²) in [5.74, 6) is 0.574. The van der Waals surface area contributed by atoms with Crippen LogP contribution in [0, 0.1) is 6.92 Å². The summed E-state index contributed by atoms with van der Waals surface area (Å²) in [6, 6.07) is 6.21. The SMILES string of the molecule is [CH2]c1ccc(C(C)C)c(Br)c1. The maximum absolute atomic E-state index is 3.85. The Morgan fingerprint density at radius 3 is 2.45 bits per heavy atom. The van der Waals surface area contributed by atoms with Crippen molar-refractivity contribution in [1.82, 2.24) is 0 Å². The highest BCUT2D eigenvalue weighted by molar-refractivity contribution is 9.10. The normalized spacial score (nSPS) is 10.6. The van der Waals surface area contributed by atoms with Gasteiger partial charge in [-0.25, -0.2) is 0 Å². The highest BCUT2D eigenvalue weighted by Crippen LogP contribution is 2.24. The summed E-state index contributed by atoms with van der Waals surface area (Å²) < 4.78 is 1.17. The van der Waals surface area contributed by atoms with Crippen LogP contribution in [-0.4, -0.2) is 0 Å². The van der Waals surface area contributed by atoms with Gasteiger partial charge in [-0.3, -0.25) is 0 Å². The minimum absolute atomic E-state index is 0.574. The first-order chi connectivity index (χ1) is 5.11. The third-order valence-corrected chi connectivity index (χ3v) is 2.37. The van der Waals surface area contributed by atoms with E-state index in [4.69, 9.17) is 0 Å². The molecule has 0 amide bonds. The number of halogens is 1. The molecule has 0 aliphatic heterocycles. The van der Waals surface area contributed by atoms with E-state index in [-0.39, 0.29) is 0 Å². The van der Waals surface area contributed by atoms with E-state index in [1.807, 2.05) is 6.07 Å². The van der Waals surface area contributed by atoms with Crippen LogP contribution < -0.4 is 0 Å². The van der Waals surface area contributed by atoms with Crippen molar-refractivity contribution < 1.29 is 0 Å². The van der Waals surface area contributed by atoms with Crippen molar-refractivity contribution in [2.75, 3.05) is 0 Å². The standard InChI is InChI=1S/C10H12Br/c1-7(2)9-5-4-8(3)6-10(9)11/h4-7H,3H2,1-2H3. The zero-order chi connectivity index (χ0) is 8.43. The second-order valence-electron chi connectivity index (χ2n) is 3.01. The molecule has 0 N–H and O–H groups in total. The van der Waals surface area contributed by atoms with Crippen LogP contribution in [0.4, 0.5) is 0 Å².